The molecule has 0 N–H and O–H groups in total. The number of sulfonamides is 1. The average molecular weight is 498 g/mol. The van der Waals surface area contributed by atoms with Gasteiger partial charge in [0, 0.05) is 31.9 Å². The third-order valence-corrected chi connectivity index (χ3v) is 7.86. The van der Waals surface area contributed by atoms with Gasteiger partial charge >= 0.3 is 0 Å². The molecule has 0 unspecified atom stereocenters. The highest BCUT2D eigenvalue weighted by molar-refractivity contribution is 7.92. The number of hydrogen-bond donors (Lipinski definition) is 0. The van der Waals surface area contributed by atoms with Crippen molar-refractivity contribution in [2.75, 3.05) is 49.0 Å². The van der Waals surface area contributed by atoms with Crippen LogP contribution < -0.4 is 13.9 Å². The molecule has 0 atom stereocenters. The first-order chi connectivity index (χ1) is 16.8. The van der Waals surface area contributed by atoms with Gasteiger partial charge in [-0.15, -0.1) is 0 Å². The van der Waals surface area contributed by atoms with Crippen LogP contribution in [0.15, 0.2) is 77.7 Å². The van der Waals surface area contributed by atoms with Crippen LogP contribution in [0.4, 0.5) is 15.8 Å². The summed E-state index contributed by atoms with van der Waals surface area (Å²) in [7, 11) is -2.42. The second-order valence-electron chi connectivity index (χ2n) is 8.37. The van der Waals surface area contributed by atoms with E-state index in [2.05, 4.69) is 4.90 Å². The topological polar surface area (TPSA) is 70.2 Å². The third-order valence-electron chi connectivity index (χ3n) is 6.07. The van der Waals surface area contributed by atoms with Gasteiger partial charge < -0.3 is 14.5 Å². The molecule has 0 saturated carbocycles. The van der Waals surface area contributed by atoms with E-state index in [9.17, 15) is 17.6 Å². The number of nitrogens with zero attached hydrogens (tertiary/aromatic N) is 3. The van der Waals surface area contributed by atoms with Gasteiger partial charge in [0.2, 0.25) is 5.91 Å². The molecule has 1 aliphatic heterocycles. The maximum absolute atomic E-state index is 13.5. The Kier molecular flexibility index (Phi) is 7.25. The summed E-state index contributed by atoms with van der Waals surface area (Å²) in [5.74, 6) is -0.0139. The molecule has 184 valence electrons. The normalized spacial score (nSPS) is 14.0. The Bertz CT molecular complexity index is 1260. The fraction of sp³-hybridized carbons (Fsp3) is 0.269. The molecule has 35 heavy (non-hydrogen) atoms. The third kappa shape index (κ3) is 5.57. The van der Waals surface area contributed by atoms with Gasteiger partial charge in [-0.05, 0) is 67.6 Å². The van der Waals surface area contributed by atoms with Crippen LogP contribution in [0.1, 0.15) is 5.56 Å². The fourth-order valence-electron chi connectivity index (χ4n) is 3.99. The standard InChI is InChI=1S/C26H28FN3O4S/c1-20-3-13-25(14-4-20)35(32,33)30(23-7-5-21(27)6-8-23)19-26(31)29-17-15-28(16-18-29)22-9-11-24(34-2)12-10-22/h3-14H,15-19H2,1-2H3. The van der Waals surface area contributed by atoms with E-state index in [1.54, 1.807) is 24.1 Å². The van der Waals surface area contributed by atoms with Crippen LogP contribution in [0.5, 0.6) is 5.75 Å². The van der Waals surface area contributed by atoms with Crippen molar-refractivity contribution >= 4 is 27.3 Å². The van der Waals surface area contributed by atoms with Crippen molar-refractivity contribution in [3.05, 3.63) is 84.2 Å². The molecule has 1 fully saturated rings. The molecule has 1 heterocycles. The lowest BCUT2D eigenvalue weighted by molar-refractivity contribution is -0.129. The summed E-state index contributed by atoms with van der Waals surface area (Å²) in [4.78, 5) is 17.1. The minimum absolute atomic E-state index is 0.0737. The first kappa shape index (κ1) is 24.5. The molecular formula is C26H28FN3O4S. The van der Waals surface area contributed by atoms with Crippen molar-refractivity contribution in [2.24, 2.45) is 0 Å². The number of ether oxygens (including phenoxy) is 1. The first-order valence-corrected chi connectivity index (χ1v) is 12.7. The molecule has 1 aliphatic rings. The van der Waals surface area contributed by atoms with Gasteiger partial charge in [0.15, 0.2) is 0 Å². The molecule has 0 bridgehead atoms. The number of hydrogen-bond acceptors (Lipinski definition) is 5. The van der Waals surface area contributed by atoms with Gasteiger partial charge in [-0.3, -0.25) is 9.10 Å². The summed E-state index contributed by atoms with van der Waals surface area (Å²) < 4.78 is 46.7. The number of carbonyl (C=O) groups is 1. The molecule has 9 heteroatoms. The minimum atomic E-state index is -4.04. The van der Waals surface area contributed by atoms with Gasteiger partial charge in [0.05, 0.1) is 17.7 Å². The van der Waals surface area contributed by atoms with Gasteiger partial charge in [-0.2, -0.15) is 0 Å². The lowest BCUT2D eigenvalue weighted by Gasteiger charge is -2.37. The molecule has 3 aromatic rings. The van der Waals surface area contributed by atoms with Crippen LogP contribution in [0, 0.1) is 12.7 Å². The van der Waals surface area contributed by atoms with Gasteiger partial charge in [0.25, 0.3) is 10.0 Å². The van der Waals surface area contributed by atoms with Crippen molar-refractivity contribution in [3.8, 4) is 5.75 Å². The van der Waals surface area contributed by atoms with Crippen molar-refractivity contribution in [1.29, 1.82) is 0 Å². The summed E-state index contributed by atoms with van der Waals surface area (Å²) in [6, 6.07) is 19.3. The number of benzene rings is 3. The van der Waals surface area contributed by atoms with Crippen molar-refractivity contribution in [1.82, 2.24) is 4.90 Å². The molecule has 1 saturated heterocycles. The minimum Gasteiger partial charge on any atom is -0.497 e. The molecule has 0 radical (unpaired) electrons. The van der Waals surface area contributed by atoms with Gasteiger partial charge in [-0.25, -0.2) is 12.8 Å². The molecule has 0 aliphatic carbocycles. The summed E-state index contributed by atoms with van der Waals surface area (Å²) in [6.07, 6.45) is 0. The monoisotopic (exact) mass is 497 g/mol. The molecule has 0 aromatic heterocycles. The number of halogens is 1. The van der Waals surface area contributed by atoms with E-state index in [0.717, 1.165) is 21.3 Å². The summed E-state index contributed by atoms with van der Waals surface area (Å²) in [5.41, 5.74) is 2.19. The highest BCUT2D eigenvalue weighted by atomic mass is 32.2. The summed E-state index contributed by atoms with van der Waals surface area (Å²) in [5, 5.41) is 0. The first-order valence-electron chi connectivity index (χ1n) is 11.3. The molecule has 4 rings (SSSR count). The lowest BCUT2D eigenvalue weighted by Crippen LogP contribution is -2.52. The maximum Gasteiger partial charge on any atom is 0.264 e. The Morgan fingerprint density at radius 2 is 1.51 bits per heavy atom. The van der Waals surface area contributed by atoms with E-state index >= 15 is 0 Å². The molecule has 1 amide bonds. The maximum atomic E-state index is 13.5. The number of amides is 1. The SMILES string of the molecule is COc1ccc(N2CCN(C(=O)CN(c3ccc(F)cc3)S(=O)(=O)c3ccc(C)cc3)CC2)cc1. The smallest absolute Gasteiger partial charge is 0.264 e. The Hall–Kier alpha value is -3.59. The molecular weight excluding hydrogens is 469 g/mol. The van der Waals surface area contributed by atoms with Crippen LogP contribution in [0.3, 0.4) is 0 Å². The second-order valence-corrected chi connectivity index (χ2v) is 10.2. The van der Waals surface area contributed by atoms with Crippen LogP contribution in [0.25, 0.3) is 0 Å². The summed E-state index contributed by atoms with van der Waals surface area (Å²) >= 11 is 0. The van der Waals surface area contributed by atoms with E-state index < -0.39 is 15.8 Å². The number of aryl methyl sites for hydroxylation is 1. The van der Waals surface area contributed by atoms with Crippen LogP contribution in [-0.4, -0.2) is 59.1 Å². The van der Waals surface area contributed by atoms with Crippen LogP contribution in [0.2, 0.25) is 0 Å². The van der Waals surface area contributed by atoms with Gasteiger partial charge in [0.1, 0.15) is 18.1 Å². The Balaban J connectivity index is 1.50. The summed E-state index contributed by atoms with van der Waals surface area (Å²) in [6.45, 7) is 3.67. The lowest BCUT2D eigenvalue weighted by atomic mass is 10.2. The fourth-order valence-corrected chi connectivity index (χ4v) is 5.40. The number of anilines is 2. The van der Waals surface area contributed by atoms with E-state index in [4.69, 9.17) is 4.74 Å². The van der Waals surface area contributed by atoms with E-state index in [1.807, 2.05) is 31.2 Å². The number of rotatable bonds is 7. The van der Waals surface area contributed by atoms with Gasteiger partial charge in [-0.1, -0.05) is 17.7 Å². The predicted molar refractivity (Wildman–Crippen MR) is 134 cm³/mol. The Labute approximate surface area is 205 Å². The van der Waals surface area contributed by atoms with Crippen LogP contribution >= 0.6 is 0 Å². The van der Waals surface area contributed by atoms with E-state index in [0.29, 0.717) is 26.2 Å². The largest absolute Gasteiger partial charge is 0.497 e. The highest BCUT2D eigenvalue weighted by Gasteiger charge is 2.30. The Morgan fingerprint density at radius 1 is 0.914 bits per heavy atom. The van der Waals surface area contributed by atoms with E-state index in [-0.39, 0.29) is 23.0 Å². The number of carbonyl (C=O) groups excluding carboxylic acids is 1. The Morgan fingerprint density at radius 3 is 2.09 bits per heavy atom. The van der Waals surface area contributed by atoms with Crippen molar-refractivity contribution < 1.29 is 22.3 Å². The zero-order chi connectivity index (χ0) is 25.0. The van der Waals surface area contributed by atoms with E-state index in [1.165, 1.54) is 36.4 Å². The van der Waals surface area contributed by atoms with Crippen molar-refractivity contribution in [3.63, 3.8) is 0 Å². The van der Waals surface area contributed by atoms with Crippen LogP contribution in [-0.2, 0) is 14.8 Å². The van der Waals surface area contributed by atoms with Crippen molar-refractivity contribution in [2.45, 2.75) is 11.8 Å². The molecule has 3 aromatic carbocycles. The molecule has 0 spiro atoms. The quantitative estimate of drug-likeness (QED) is 0.498. The molecule has 7 nitrogen and oxygen atoms in total. The second kappa shape index (κ2) is 10.4. The highest BCUT2D eigenvalue weighted by Crippen LogP contribution is 2.25. The average Bonchev–Trinajstić information content (AvgIpc) is 2.88. The number of methoxy groups -OCH3 is 1. The predicted octanol–water partition coefficient (Wildman–Crippen LogP) is 3.69. The zero-order valence-electron chi connectivity index (χ0n) is 19.7. The number of piperazine rings is 1. The zero-order valence-corrected chi connectivity index (χ0v) is 20.5.